The van der Waals surface area contributed by atoms with Crippen LogP contribution in [0, 0.1) is 13.8 Å². The zero-order chi connectivity index (χ0) is 20.4. The van der Waals surface area contributed by atoms with Gasteiger partial charge in [0.1, 0.15) is 0 Å². The van der Waals surface area contributed by atoms with E-state index < -0.39 is 18.2 Å². The van der Waals surface area contributed by atoms with Crippen LogP contribution in [0.25, 0.3) is 0 Å². The summed E-state index contributed by atoms with van der Waals surface area (Å²) in [5.74, 6) is -0.972. The first-order valence-corrected chi connectivity index (χ1v) is 9.26. The Morgan fingerprint density at radius 3 is 1.78 bits per heavy atom. The third-order valence-corrected chi connectivity index (χ3v) is 4.21. The number of hydrogen-bond donors (Lipinski definition) is 0. The third kappa shape index (κ3) is 7.65. The first kappa shape index (κ1) is 22.4. The normalized spacial score (nSPS) is 10.0. The van der Waals surface area contributed by atoms with Crippen LogP contribution in [0.15, 0.2) is 42.5 Å². The molecule has 0 radical (unpaired) electrons. The minimum Gasteiger partial charge on any atom is -0.421 e. The monoisotopic (exact) mass is 370 g/mol. The van der Waals surface area contributed by atoms with Crippen molar-refractivity contribution in [2.45, 2.75) is 60.7 Å². The van der Waals surface area contributed by atoms with Crippen molar-refractivity contribution in [2.24, 2.45) is 0 Å². The largest absolute Gasteiger partial charge is 0.421 e. The first-order valence-electron chi connectivity index (χ1n) is 9.26. The lowest BCUT2D eigenvalue weighted by Crippen LogP contribution is -2.15. The number of carbonyl (C=O) groups excluding carboxylic acids is 2. The molecule has 0 atom stereocenters. The number of hydrogen-bond acceptors (Lipinski definition) is 4. The van der Waals surface area contributed by atoms with Gasteiger partial charge in [-0.15, -0.1) is 0 Å². The molecule has 0 fully saturated rings. The molecule has 0 aliphatic rings. The van der Waals surface area contributed by atoms with Crippen LogP contribution in [-0.2, 0) is 31.9 Å². The predicted octanol–water partition coefficient (Wildman–Crippen LogP) is 5.24. The molecule has 4 heteroatoms. The van der Waals surface area contributed by atoms with E-state index in [1.165, 1.54) is 25.0 Å². The molecule has 0 spiro atoms. The second-order valence-electron chi connectivity index (χ2n) is 6.37. The summed E-state index contributed by atoms with van der Waals surface area (Å²) < 4.78 is 10.0. The highest BCUT2D eigenvalue weighted by Gasteiger charge is 2.18. The number of rotatable bonds is 5. The Labute approximate surface area is 162 Å². The lowest BCUT2D eigenvalue weighted by Gasteiger charge is -2.18. The second-order valence-corrected chi connectivity index (χ2v) is 6.37. The summed E-state index contributed by atoms with van der Waals surface area (Å²) in [6.45, 7) is 11.0. The van der Waals surface area contributed by atoms with E-state index in [0.29, 0.717) is 5.56 Å². The summed E-state index contributed by atoms with van der Waals surface area (Å²) >= 11 is 0. The maximum atomic E-state index is 11.0. The summed E-state index contributed by atoms with van der Waals surface area (Å²) in [5, 5.41) is 0. The average molecular weight is 370 g/mol. The van der Waals surface area contributed by atoms with Crippen LogP contribution in [0.1, 0.15) is 61.8 Å². The molecule has 0 amide bonds. The van der Waals surface area contributed by atoms with Crippen molar-refractivity contribution in [2.75, 3.05) is 0 Å². The van der Waals surface area contributed by atoms with Crippen LogP contribution in [0.2, 0.25) is 0 Å². The van der Waals surface area contributed by atoms with Gasteiger partial charge in [-0.25, -0.2) is 0 Å². The molecule has 4 nitrogen and oxygen atoms in total. The van der Waals surface area contributed by atoms with Gasteiger partial charge in [0.25, 0.3) is 6.29 Å². The van der Waals surface area contributed by atoms with Gasteiger partial charge in [0, 0.05) is 19.4 Å². The van der Waals surface area contributed by atoms with Crippen LogP contribution in [0.5, 0.6) is 0 Å². The molecule has 146 valence electrons. The fourth-order valence-corrected chi connectivity index (χ4v) is 2.69. The molecule has 0 saturated heterocycles. The second kappa shape index (κ2) is 11.2. The average Bonchev–Trinajstić information content (AvgIpc) is 2.62. The van der Waals surface area contributed by atoms with Gasteiger partial charge in [-0.05, 0) is 55.0 Å². The van der Waals surface area contributed by atoms with Gasteiger partial charge in [0.15, 0.2) is 0 Å². The van der Waals surface area contributed by atoms with Crippen molar-refractivity contribution in [3.05, 3.63) is 70.3 Å². The smallest absolute Gasteiger partial charge is 0.305 e. The summed E-state index contributed by atoms with van der Waals surface area (Å²) in [6.07, 6.45) is 1.05. The van der Waals surface area contributed by atoms with E-state index in [0.717, 1.165) is 24.0 Å². The van der Waals surface area contributed by atoms with Crippen LogP contribution >= 0.6 is 0 Å². The Balaban J connectivity index is 0.000000337. The summed E-state index contributed by atoms with van der Waals surface area (Å²) in [5.41, 5.74) is 5.82. The van der Waals surface area contributed by atoms with Crippen molar-refractivity contribution < 1.29 is 19.1 Å². The molecule has 0 aliphatic carbocycles. The lowest BCUT2D eigenvalue weighted by atomic mass is 10.0. The molecule has 0 bridgehead atoms. The fraction of sp³-hybridized carbons (Fsp3) is 0.391. The molecular weight excluding hydrogens is 340 g/mol. The number of benzene rings is 2. The maximum absolute atomic E-state index is 11.0. The van der Waals surface area contributed by atoms with Crippen LogP contribution in [-0.4, -0.2) is 11.9 Å². The summed E-state index contributed by atoms with van der Waals surface area (Å²) in [6, 6.07) is 14.1. The Kier molecular flexibility index (Phi) is 9.27. The Morgan fingerprint density at radius 1 is 0.815 bits per heavy atom. The minimum absolute atomic E-state index is 0.486. The van der Waals surface area contributed by atoms with Gasteiger partial charge < -0.3 is 9.47 Å². The summed E-state index contributed by atoms with van der Waals surface area (Å²) in [7, 11) is 0. The number of ether oxygens (including phenoxy) is 2. The van der Waals surface area contributed by atoms with E-state index in [-0.39, 0.29) is 0 Å². The van der Waals surface area contributed by atoms with Crippen LogP contribution in [0.3, 0.4) is 0 Å². The number of esters is 2. The number of aryl methyl sites for hydroxylation is 4. The van der Waals surface area contributed by atoms with Gasteiger partial charge in [-0.1, -0.05) is 50.2 Å². The van der Waals surface area contributed by atoms with E-state index in [2.05, 4.69) is 38.1 Å². The van der Waals surface area contributed by atoms with Gasteiger partial charge in [0.05, 0.1) is 0 Å². The minimum atomic E-state index is -0.967. The molecule has 2 aromatic carbocycles. The van der Waals surface area contributed by atoms with E-state index in [9.17, 15) is 9.59 Å². The van der Waals surface area contributed by atoms with E-state index in [4.69, 9.17) is 9.47 Å². The molecular formula is C23H30O4. The van der Waals surface area contributed by atoms with Gasteiger partial charge in [-0.3, -0.25) is 9.59 Å². The van der Waals surface area contributed by atoms with Crippen LogP contribution < -0.4 is 0 Å². The van der Waals surface area contributed by atoms with Crippen molar-refractivity contribution in [1.29, 1.82) is 0 Å². The van der Waals surface area contributed by atoms with Gasteiger partial charge in [-0.2, -0.15) is 0 Å². The molecule has 27 heavy (non-hydrogen) atoms. The summed E-state index contributed by atoms with van der Waals surface area (Å²) in [4.78, 5) is 22.0. The first-order chi connectivity index (χ1) is 12.8. The third-order valence-electron chi connectivity index (χ3n) is 4.21. The topological polar surface area (TPSA) is 52.6 Å². The highest BCUT2D eigenvalue weighted by atomic mass is 16.7. The van der Waals surface area contributed by atoms with E-state index in [1.54, 1.807) is 6.07 Å². The van der Waals surface area contributed by atoms with Crippen molar-refractivity contribution in [3.8, 4) is 0 Å². The van der Waals surface area contributed by atoms with E-state index in [1.807, 2.05) is 26.0 Å². The highest BCUT2D eigenvalue weighted by molar-refractivity contribution is 5.68. The standard InChI is InChI=1S/C14H18O4.C9H12/c1-5-12-8-13(7-6-9(12)2)14(17-10(3)15)18-11(4)16;1-3-9-7-5-4-6-8(9)2/h6-8,14H,5H2,1-4H3;4-7H,3H2,1-2H3. The molecule has 0 aliphatic heterocycles. The Morgan fingerprint density at radius 2 is 1.33 bits per heavy atom. The fourth-order valence-electron chi connectivity index (χ4n) is 2.69. The molecule has 0 aromatic heterocycles. The Hall–Kier alpha value is -2.62. The predicted molar refractivity (Wildman–Crippen MR) is 107 cm³/mol. The van der Waals surface area contributed by atoms with Crippen molar-refractivity contribution >= 4 is 11.9 Å². The molecule has 2 rings (SSSR count). The lowest BCUT2D eigenvalue weighted by molar-refractivity contribution is -0.186. The molecule has 0 saturated carbocycles. The molecule has 0 unspecified atom stereocenters. The van der Waals surface area contributed by atoms with Crippen LogP contribution in [0.4, 0.5) is 0 Å². The molecule has 0 heterocycles. The van der Waals surface area contributed by atoms with Gasteiger partial charge in [0.2, 0.25) is 0 Å². The maximum Gasteiger partial charge on any atom is 0.305 e. The Bertz CT molecular complexity index is 749. The highest BCUT2D eigenvalue weighted by Crippen LogP contribution is 2.22. The quantitative estimate of drug-likeness (QED) is 0.533. The molecule has 0 N–H and O–H groups in total. The zero-order valence-corrected chi connectivity index (χ0v) is 17.2. The van der Waals surface area contributed by atoms with Crippen molar-refractivity contribution in [1.82, 2.24) is 0 Å². The SMILES string of the molecule is CCc1cc(C(OC(C)=O)OC(C)=O)ccc1C.CCc1ccccc1C. The van der Waals surface area contributed by atoms with Gasteiger partial charge >= 0.3 is 11.9 Å². The van der Waals surface area contributed by atoms with E-state index >= 15 is 0 Å². The zero-order valence-electron chi connectivity index (χ0n) is 17.2. The van der Waals surface area contributed by atoms with Crippen molar-refractivity contribution in [3.63, 3.8) is 0 Å². The number of carbonyl (C=O) groups is 2. The molecule has 2 aromatic rings.